The molecule has 3 aliphatic heterocycles. The van der Waals surface area contributed by atoms with Gasteiger partial charge in [-0.25, -0.2) is 18.4 Å². The van der Waals surface area contributed by atoms with Gasteiger partial charge < -0.3 is 14.4 Å². The molecule has 1 spiro atoms. The van der Waals surface area contributed by atoms with Crippen molar-refractivity contribution in [1.82, 2.24) is 4.90 Å². The Bertz CT molecular complexity index is 1680. The second-order valence-corrected chi connectivity index (χ2v) is 12.1. The van der Waals surface area contributed by atoms with E-state index in [1.165, 1.54) is 23.1 Å². The molecule has 0 aliphatic carbocycles. The van der Waals surface area contributed by atoms with Crippen molar-refractivity contribution in [3.8, 4) is 5.75 Å². The molecule has 6 rings (SSSR count). The molecule has 0 saturated carbocycles. The van der Waals surface area contributed by atoms with Crippen LogP contribution in [0.3, 0.4) is 0 Å². The largest absolute Gasteiger partial charge is 0.482 e. The molecule has 2 atom stereocenters. The zero-order valence-corrected chi connectivity index (χ0v) is 23.2. The molecule has 0 bridgehead atoms. The van der Waals surface area contributed by atoms with Crippen LogP contribution in [0.15, 0.2) is 71.6 Å². The van der Waals surface area contributed by atoms with Crippen molar-refractivity contribution in [3.05, 3.63) is 82.9 Å². The van der Waals surface area contributed by atoms with Gasteiger partial charge in [0, 0.05) is 30.0 Å². The minimum absolute atomic E-state index is 0.0422. The molecule has 11 nitrogen and oxygen atoms in total. The number of benzene rings is 3. The summed E-state index contributed by atoms with van der Waals surface area (Å²) < 4.78 is 35.6. The first kappa shape index (κ1) is 27.1. The number of sulfonamides is 1. The number of amides is 3. The number of likely N-dealkylation sites (tertiary alicyclic amines) is 1. The van der Waals surface area contributed by atoms with E-state index < -0.39 is 39.6 Å². The normalized spacial score (nSPS) is 20.5. The van der Waals surface area contributed by atoms with E-state index in [0.717, 1.165) is 5.56 Å². The number of halogens is 1. The van der Waals surface area contributed by atoms with Crippen LogP contribution in [0.25, 0.3) is 0 Å². The molecule has 0 radical (unpaired) electrons. The monoisotopic (exact) mass is 596 g/mol. The first-order valence-electron chi connectivity index (χ1n) is 12.8. The number of nitrogens with two attached hydrogens (primary N) is 1. The molecule has 0 aromatic heterocycles. The smallest absolute Gasteiger partial charge is 0.412 e. The minimum atomic E-state index is -4.11. The molecule has 1 unspecified atom stereocenters. The standard InChI is InChI=1S/C28H25ClN4O7S/c29-18-6-8-21-20(13-18)28(40-27(36)31-21)10-11-32(16-28)26(35)23(12-17-4-2-1-3-5-17)33-22-14-19(41(30,37)38)7-9-24(22)39-15-25(33)34/h1-9,13-14,23H,10-12,15-16H2,(H,31,36)(H2,30,37,38)/t23-,28?/m0/s1. The van der Waals surface area contributed by atoms with Crippen molar-refractivity contribution in [2.75, 3.05) is 29.9 Å². The van der Waals surface area contributed by atoms with Crippen LogP contribution in [0.5, 0.6) is 5.75 Å². The molecule has 212 valence electrons. The van der Waals surface area contributed by atoms with Crippen molar-refractivity contribution in [1.29, 1.82) is 0 Å². The number of carbonyl (C=O) groups is 3. The summed E-state index contributed by atoms with van der Waals surface area (Å²) in [5.41, 5.74) is 0.997. The van der Waals surface area contributed by atoms with E-state index in [2.05, 4.69) is 5.32 Å². The van der Waals surface area contributed by atoms with Gasteiger partial charge in [0.25, 0.3) is 5.91 Å². The number of nitrogens with zero attached hydrogens (tertiary/aromatic N) is 2. The Hall–Kier alpha value is -4.13. The molecular formula is C28H25ClN4O7S. The lowest BCUT2D eigenvalue weighted by atomic mass is 9.90. The summed E-state index contributed by atoms with van der Waals surface area (Å²) in [6.45, 7) is -0.0498. The summed E-state index contributed by atoms with van der Waals surface area (Å²) in [4.78, 5) is 42.8. The number of anilines is 2. The SMILES string of the molecule is NS(=O)(=O)c1ccc2c(c1)N([C@@H](Cc1ccccc1)C(=O)N1CCC3(C1)OC(=O)Nc1ccc(Cl)cc13)C(=O)CO2. The molecule has 1 saturated heterocycles. The van der Waals surface area contributed by atoms with Crippen LogP contribution in [-0.2, 0) is 36.4 Å². The molecule has 3 N–H and O–H groups in total. The van der Waals surface area contributed by atoms with Gasteiger partial charge in [-0.2, -0.15) is 0 Å². The van der Waals surface area contributed by atoms with Gasteiger partial charge in [-0.3, -0.25) is 19.8 Å². The maximum absolute atomic E-state index is 14.3. The van der Waals surface area contributed by atoms with E-state index in [4.69, 9.17) is 26.2 Å². The third-order valence-electron chi connectivity index (χ3n) is 7.55. The van der Waals surface area contributed by atoms with Gasteiger partial charge in [0.15, 0.2) is 12.2 Å². The highest BCUT2D eigenvalue weighted by Gasteiger charge is 2.50. The Kier molecular flexibility index (Phi) is 6.63. The fraction of sp³-hybridized carbons (Fsp3) is 0.250. The number of hydrogen-bond acceptors (Lipinski definition) is 7. The Morgan fingerprint density at radius 1 is 1.10 bits per heavy atom. The number of hydrogen-bond donors (Lipinski definition) is 2. The summed E-state index contributed by atoms with van der Waals surface area (Å²) in [5, 5.41) is 8.49. The lowest BCUT2D eigenvalue weighted by molar-refractivity contribution is -0.135. The van der Waals surface area contributed by atoms with E-state index in [9.17, 15) is 22.8 Å². The van der Waals surface area contributed by atoms with Crippen LogP contribution >= 0.6 is 11.6 Å². The van der Waals surface area contributed by atoms with E-state index in [0.29, 0.717) is 22.7 Å². The van der Waals surface area contributed by atoms with E-state index in [1.807, 2.05) is 30.3 Å². The topological polar surface area (TPSA) is 148 Å². The second kappa shape index (κ2) is 10.1. The number of nitrogens with one attached hydrogen (secondary N) is 1. The fourth-order valence-electron chi connectivity index (χ4n) is 5.65. The number of primary sulfonamides is 1. The number of ether oxygens (including phenoxy) is 2. The molecule has 13 heteroatoms. The molecular weight excluding hydrogens is 572 g/mol. The highest BCUT2D eigenvalue weighted by molar-refractivity contribution is 7.89. The molecule has 3 aliphatic rings. The highest BCUT2D eigenvalue weighted by Crippen LogP contribution is 2.44. The fourth-order valence-corrected chi connectivity index (χ4v) is 6.36. The number of fused-ring (bicyclic) bond motifs is 3. The maximum Gasteiger partial charge on any atom is 0.412 e. The van der Waals surface area contributed by atoms with Crippen LogP contribution in [0, 0.1) is 0 Å². The van der Waals surface area contributed by atoms with Crippen LogP contribution in [0.2, 0.25) is 5.02 Å². The number of carbonyl (C=O) groups excluding carboxylic acids is 3. The first-order chi connectivity index (χ1) is 19.5. The Morgan fingerprint density at radius 3 is 2.63 bits per heavy atom. The van der Waals surface area contributed by atoms with E-state index in [-0.39, 0.29) is 42.4 Å². The maximum atomic E-state index is 14.3. The van der Waals surface area contributed by atoms with Crippen molar-refractivity contribution in [2.45, 2.75) is 29.4 Å². The lowest BCUT2D eigenvalue weighted by Crippen LogP contribution is -2.55. The Labute approximate surface area is 240 Å². The number of rotatable bonds is 5. The third-order valence-corrected chi connectivity index (χ3v) is 8.69. The summed E-state index contributed by atoms with van der Waals surface area (Å²) in [5.74, 6) is -0.666. The summed E-state index contributed by atoms with van der Waals surface area (Å²) in [6, 6.07) is 17.1. The van der Waals surface area contributed by atoms with Crippen LogP contribution in [0.1, 0.15) is 17.5 Å². The van der Waals surface area contributed by atoms with Gasteiger partial charge in [0.05, 0.1) is 22.8 Å². The van der Waals surface area contributed by atoms with Crippen LogP contribution < -0.4 is 20.1 Å². The van der Waals surface area contributed by atoms with E-state index in [1.54, 1.807) is 23.1 Å². The molecule has 1 fully saturated rings. The van der Waals surface area contributed by atoms with Crippen molar-refractivity contribution < 1.29 is 32.3 Å². The van der Waals surface area contributed by atoms with Gasteiger partial charge in [-0.15, -0.1) is 0 Å². The van der Waals surface area contributed by atoms with Crippen molar-refractivity contribution in [3.63, 3.8) is 0 Å². The summed E-state index contributed by atoms with van der Waals surface area (Å²) >= 11 is 6.27. The van der Waals surface area contributed by atoms with Gasteiger partial charge >= 0.3 is 6.09 Å². The van der Waals surface area contributed by atoms with Crippen LogP contribution in [-0.4, -0.2) is 57.0 Å². The van der Waals surface area contributed by atoms with Gasteiger partial charge in [-0.1, -0.05) is 41.9 Å². The summed E-state index contributed by atoms with van der Waals surface area (Å²) in [6.07, 6.45) is -0.180. The average molecular weight is 597 g/mol. The summed E-state index contributed by atoms with van der Waals surface area (Å²) in [7, 11) is -4.11. The molecule has 3 heterocycles. The Morgan fingerprint density at radius 2 is 1.88 bits per heavy atom. The van der Waals surface area contributed by atoms with Crippen molar-refractivity contribution >= 4 is 50.9 Å². The van der Waals surface area contributed by atoms with Gasteiger partial charge in [0.1, 0.15) is 11.8 Å². The average Bonchev–Trinajstić information content (AvgIpc) is 3.36. The highest BCUT2D eigenvalue weighted by atomic mass is 35.5. The van der Waals surface area contributed by atoms with E-state index >= 15 is 0 Å². The van der Waals surface area contributed by atoms with Gasteiger partial charge in [-0.05, 0) is 42.0 Å². The second-order valence-electron chi connectivity index (χ2n) is 10.1. The molecule has 3 aromatic carbocycles. The zero-order valence-electron chi connectivity index (χ0n) is 21.6. The van der Waals surface area contributed by atoms with Crippen molar-refractivity contribution in [2.24, 2.45) is 5.14 Å². The molecule has 41 heavy (non-hydrogen) atoms. The lowest BCUT2D eigenvalue weighted by Gasteiger charge is -2.38. The first-order valence-corrected chi connectivity index (χ1v) is 14.7. The van der Waals surface area contributed by atoms with Gasteiger partial charge in [0.2, 0.25) is 15.9 Å². The minimum Gasteiger partial charge on any atom is -0.482 e. The quantitative estimate of drug-likeness (QED) is 0.460. The molecule has 3 amide bonds. The third kappa shape index (κ3) is 4.98. The van der Waals surface area contributed by atoms with Crippen LogP contribution in [0.4, 0.5) is 16.2 Å². The predicted molar refractivity (Wildman–Crippen MR) is 149 cm³/mol. The zero-order chi connectivity index (χ0) is 28.9. The molecule has 3 aromatic rings. The predicted octanol–water partition coefficient (Wildman–Crippen LogP) is 3.01. The Balaban J connectivity index is 1.40.